The van der Waals surface area contributed by atoms with Gasteiger partial charge in [-0.3, -0.25) is 14.3 Å². The van der Waals surface area contributed by atoms with Crippen LogP contribution in [-0.2, 0) is 27.3 Å². The third-order valence-electron chi connectivity index (χ3n) is 6.17. The molecular formula is C27H32N4O4. The Kier molecular flexibility index (Phi) is 7.19. The van der Waals surface area contributed by atoms with Gasteiger partial charge in [0.15, 0.2) is 6.61 Å². The van der Waals surface area contributed by atoms with Crippen LogP contribution in [0.2, 0.25) is 0 Å². The van der Waals surface area contributed by atoms with Gasteiger partial charge in [-0.05, 0) is 44.4 Å². The molecule has 1 aromatic carbocycles. The normalized spacial score (nSPS) is 15.5. The zero-order valence-electron chi connectivity index (χ0n) is 20.9. The number of hydrogen-bond donors (Lipinski definition) is 0. The van der Waals surface area contributed by atoms with Crippen molar-refractivity contribution in [1.82, 2.24) is 14.8 Å². The van der Waals surface area contributed by atoms with Crippen LogP contribution in [0.5, 0.6) is 0 Å². The first-order valence-electron chi connectivity index (χ1n) is 11.9. The van der Waals surface area contributed by atoms with E-state index in [0.717, 1.165) is 40.3 Å². The molecule has 1 aliphatic heterocycles. The molecule has 0 aliphatic carbocycles. The Hall–Kier alpha value is -3.68. The van der Waals surface area contributed by atoms with Gasteiger partial charge in [0, 0.05) is 24.2 Å². The monoisotopic (exact) mass is 476 g/mol. The van der Waals surface area contributed by atoms with Crippen molar-refractivity contribution in [1.29, 1.82) is 0 Å². The Morgan fingerprint density at radius 3 is 2.54 bits per heavy atom. The molecule has 4 rings (SSSR count). The average molecular weight is 477 g/mol. The third kappa shape index (κ3) is 5.53. The van der Waals surface area contributed by atoms with Gasteiger partial charge in [0.25, 0.3) is 5.91 Å². The summed E-state index contributed by atoms with van der Waals surface area (Å²) in [5.41, 5.74) is 5.48. The van der Waals surface area contributed by atoms with Crippen LogP contribution < -0.4 is 0 Å². The van der Waals surface area contributed by atoms with Gasteiger partial charge in [0.2, 0.25) is 0 Å². The molecule has 0 fully saturated rings. The number of amides is 1. The van der Waals surface area contributed by atoms with Gasteiger partial charge in [-0.25, -0.2) is 5.01 Å². The number of nitrogens with zero attached hydrogens (tertiary/aromatic N) is 4. The summed E-state index contributed by atoms with van der Waals surface area (Å²) in [6.07, 6.45) is 2.16. The predicted molar refractivity (Wildman–Crippen MR) is 132 cm³/mol. The van der Waals surface area contributed by atoms with Crippen molar-refractivity contribution < 1.29 is 18.7 Å². The lowest BCUT2D eigenvalue weighted by Crippen LogP contribution is -2.31. The lowest BCUT2D eigenvalue weighted by molar-refractivity contribution is -0.152. The number of furan rings is 1. The average Bonchev–Trinajstić information content (AvgIpc) is 3.54. The van der Waals surface area contributed by atoms with Crippen LogP contribution in [0.3, 0.4) is 0 Å². The predicted octanol–water partition coefficient (Wildman–Crippen LogP) is 4.52. The summed E-state index contributed by atoms with van der Waals surface area (Å²) in [6.45, 7) is 10.5. The van der Waals surface area contributed by atoms with E-state index in [1.807, 2.05) is 55.8 Å². The minimum atomic E-state index is -0.467. The van der Waals surface area contributed by atoms with E-state index in [1.165, 1.54) is 5.01 Å². The molecule has 8 heteroatoms. The maximum atomic E-state index is 13.1. The molecule has 0 saturated heterocycles. The Bertz CT molecular complexity index is 1220. The van der Waals surface area contributed by atoms with Crippen molar-refractivity contribution >= 4 is 17.6 Å². The van der Waals surface area contributed by atoms with Crippen LogP contribution in [0.15, 0.2) is 52.2 Å². The van der Waals surface area contributed by atoms with Gasteiger partial charge in [-0.1, -0.05) is 43.7 Å². The molecule has 1 unspecified atom stereocenters. The van der Waals surface area contributed by atoms with Crippen molar-refractivity contribution in [3.05, 3.63) is 76.5 Å². The molecule has 0 saturated carbocycles. The lowest BCUT2D eigenvalue weighted by Gasteiger charge is -2.19. The summed E-state index contributed by atoms with van der Waals surface area (Å²) in [7, 11) is 0. The number of hydrazone groups is 1. The largest absolute Gasteiger partial charge is 0.467 e. The molecule has 1 aliphatic rings. The minimum absolute atomic E-state index is 0.0720. The van der Waals surface area contributed by atoms with Gasteiger partial charge in [-0.15, -0.1) is 0 Å². The highest BCUT2D eigenvalue weighted by Gasteiger charge is 2.35. The van der Waals surface area contributed by atoms with Crippen LogP contribution >= 0.6 is 0 Å². The van der Waals surface area contributed by atoms with Gasteiger partial charge in [0.05, 0.1) is 24.1 Å². The van der Waals surface area contributed by atoms with E-state index >= 15 is 0 Å². The highest BCUT2D eigenvalue weighted by Crippen LogP contribution is 2.33. The molecule has 0 radical (unpaired) electrons. The third-order valence-corrected chi connectivity index (χ3v) is 6.17. The van der Waals surface area contributed by atoms with Crippen LogP contribution in [0, 0.1) is 26.7 Å². The first-order chi connectivity index (χ1) is 16.7. The zero-order chi connectivity index (χ0) is 25.1. The Morgan fingerprint density at radius 2 is 1.89 bits per heavy atom. The summed E-state index contributed by atoms with van der Waals surface area (Å²) in [6, 6.07) is 11.2. The fraction of sp³-hybridized carbons (Fsp3) is 0.407. The van der Waals surface area contributed by atoms with Crippen molar-refractivity contribution in [3.63, 3.8) is 0 Å². The molecule has 1 atom stereocenters. The summed E-state index contributed by atoms with van der Waals surface area (Å²) in [5, 5.41) is 10.5. The van der Waals surface area contributed by atoms with E-state index in [9.17, 15) is 9.59 Å². The molecule has 3 aromatic rings. The second-order valence-electron chi connectivity index (χ2n) is 9.45. The van der Waals surface area contributed by atoms with Gasteiger partial charge in [-0.2, -0.15) is 10.2 Å². The smallest absolute Gasteiger partial charge is 0.310 e. The summed E-state index contributed by atoms with van der Waals surface area (Å²) in [4.78, 5) is 25.7. The van der Waals surface area contributed by atoms with E-state index in [0.29, 0.717) is 18.1 Å². The molecule has 35 heavy (non-hydrogen) atoms. The van der Waals surface area contributed by atoms with Crippen molar-refractivity contribution in [2.75, 3.05) is 6.61 Å². The number of benzene rings is 1. The molecule has 0 N–H and O–H groups in total. The fourth-order valence-corrected chi connectivity index (χ4v) is 4.28. The summed E-state index contributed by atoms with van der Waals surface area (Å²) >= 11 is 0. The topological polar surface area (TPSA) is 89.9 Å². The van der Waals surface area contributed by atoms with E-state index in [1.54, 1.807) is 12.3 Å². The Morgan fingerprint density at radius 1 is 1.14 bits per heavy atom. The van der Waals surface area contributed by atoms with Crippen LogP contribution in [-0.4, -0.2) is 39.0 Å². The van der Waals surface area contributed by atoms with Gasteiger partial charge >= 0.3 is 5.97 Å². The molecule has 2 aromatic heterocycles. The van der Waals surface area contributed by atoms with Crippen LogP contribution in [0.4, 0.5) is 0 Å². The number of carbonyl (C=O) groups is 2. The first-order valence-corrected chi connectivity index (χ1v) is 11.9. The molecule has 1 amide bonds. The first kappa shape index (κ1) is 24.4. The summed E-state index contributed by atoms with van der Waals surface area (Å²) < 4.78 is 12.9. The fourth-order valence-electron chi connectivity index (χ4n) is 4.28. The summed E-state index contributed by atoms with van der Waals surface area (Å²) in [5.74, 6) is 0.216. The number of esters is 1. The number of carbonyl (C=O) groups excluding carboxylic acids is 2. The van der Waals surface area contributed by atoms with Crippen LogP contribution in [0.1, 0.15) is 60.1 Å². The van der Waals surface area contributed by atoms with Crippen LogP contribution in [0.25, 0.3) is 0 Å². The van der Waals surface area contributed by atoms with E-state index in [2.05, 4.69) is 24.0 Å². The lowest BCUT2D eigenvalue weighted by atomic mass is 10.0. The zero-order valence-corrected chi connectivity index (χ0v) is 20.9. The molecule has 0 bridgehead atoms. The van der Waals surface area contributed by atoms with E-state index in [-0.39, 0.29) is 19.1 Å². The molecule has 8 nitrogen and oxygen atoms in total. The quantitative estimate of drug-likeness (QED) is 0.446. The SMILES string of the molecule is Cc1ccc(C2=NN(C(=O)COC(=O)Cc3c(C)nn(CC(C)C)c3C)C(c3ccco3)C2)cc1. The molecule has 3 heterocycles. The van der Waals surface area contributed by atoms with Crippen molar-refractivity contribution in [2.24, 2.45) is 11.0 Å². The number of ether oxygens (including phenoxy) is 1. The van der Waals surface area contributed by atoms with Gasteiger partial charge < -0.3 is 9.15 Å². The molecule has 0 spiro atoms. The van der Waals surface area contributed by atoms with Crippen molar-refractivity contribution in [2.45, 2.75) is 60.0 Å². The van der Waals surface area contributed by atoms with Gasteiger partial charge in [0.1, 0.15) is 11.8 Å². The van der Waals surface area contributed by atoms with Crippen molar-refractivity contribution in [3.8, 4) is 0 Å². The Labute approximate surface area is 205 Å². The number of hydrogen-bond acceptors (Lipinski definition) is 6. The second-order valence-corrected chi connectivity index (χ2v) is 9.45. The molecular weight excluding hydrogens is 444 g/mol. The maximum absolute atomic E-state index is 13.1. The maximum Gasteiger partial charge on any atom is 0.310 e. The minimum Gasteiger partial charge on any atom is -0.467 e. The number of rotatable bonds is 8. The highest BCUT2D eigenvalue weighted by atomic mass is 16.5. The second kappa shape index (κ2) is 10.3. The number of aryl methyl sites for hydroxylation is 2. The van der Waals surface area contributed by atoms with E-state index < -0.39 is 11.9 Å². The van der Waals surface area contributed by atoms with E-state index in [4.69, 9.17) is 9.15 Å². The highest BCUT2D eigenvalue weighted by molar-refractivity contribution is 6.03. The Balaban J connectivity index is 1.44. The standard InChI is InChI=1S/C27H32N4O4/c1-17(2)15-30-20(5)22(19(4)28-30)13-27(33)35-16-26(32)31-24(25-7-6-12-34-25)14-23(29-31)21-10-8-18(3)9-11-21/h6-12,17,24H,13-16H2,1-5H3. The molecule has 184 valence electrons. The number of aromatic nitrogens is 2.